The average Bonchev–Trinajstić information content (AvgIpc) is 3.22. The molecule has 1 atom stereocenters. The van der Waals surface area contributed by atoms with Crippen molar-refractivity contribution in [1.82, 2.24) is 19.7 Å². The van der Waals surface area contributed by atoms with E-state index in [1.165, 1.54) is 0 Å². The first-order valence-electron chi connectivity index (χ1n) is 10.6. The van der Waals surface area contributed by atoms with E-state index in [-0.39, 0.29) is 12.3 Å². The van der Waals surface area contributed by atoms with Gasteiger partial charge in [0.05, 0.1) is 48.2 Å². The fraction of sp³-hybridized carbons (Fsp3) is 0.231. The third-order valence-electron chi connectivity index (χ3n) is 5.30. The quantitative estimate of drug-likeness (QED) is 0.410. The van der Waals surface area contributed by atoms with Crippen LogP contribution in [-0.2, 0) is 17.9 Å². The lowest BCUT2D eigenvalue weighted by molar-refractivity contribution is -0.137. The SMILES string of the molecule is CC#C[C@@H](CC(=O)O)c1ccc(OCc2cccc3c2cnn3Cc2cnc(C)cn2)cc1. The molecule has 4 aromatic rings. The minimum absolute atomic E-state index is 0.0266. The fourth-order valence-corrected chi connectivity index (χ4v) is 3.63. The zero-order chi connectivity index (χ0) is 23.2. The minimum atomic E-state index is -0.869. The lowest BCUT2D eigenvalue weighted by atomic mass is 9.96. The molecule has 0 fully saturated rings. The lowest BCUT2D eigenvalue weighted by Gasteiger charge is -2.11. The highest BCUT2D eigenvalue weighted by Gasteiger charge is 2.13. The highest BCUT2D eigenvalue weighted by molar-refractivity contribution is 5.82. The molecule has 0 aliphatic rings. The molecule has 1 N–H and O–H groups in total. The van der Waals surface area contributed by atoms with E-state index >= 15 is 0 Å². The summed E-state index contributed by atoms with van der Waals surface area (Å²) in [4.78, 5) is 19.8. The Bertz CT molecular complexity index is 1320. The smallest absolute Gasteiger partial charge is 0.304 e. The van der Waals surface area contributed by atoms with Crippen molar-refractivity contribution in [1.29, 1.82) is 0 Å². The third-order valence-corrected chi connectivity index (χ3v) is 5.30. The number of hydrogen-bond acceptors (Lipinski definition) is 5. The van der Waals surface area contributed by atoms with Gasteiger partial charge < -0.3 is 9.84 Å². The summed E-state index contributed by atoms with van der Waals surface area (Å²) in [5.74, 6) is 5.27. The van der Waals surface area contributed by atoms with Gasteiger partial charge in [-0.05, 0) is 37.6 Å². The van der Waals surface area contributed by atoms with Crippen LogP contribution in [0.5, 0.6) is 5.75 Å². The number of benzene rings is 2. The molecule has 0 saturated carbocycles. The molecule has 166 valence electrons. The molecule has 2 heterocycles. The first-order chi connectivity index (χ1) is 16.0. The Morgan fingerprint density at radius 3 is 2.64 bits per heavy atom. The molecule has 7 heteroatoms. The molecule has 33 heavy (non-hydrogen) atoms. The highest BCUT2D eigenvalue weighted by atomic mass is 16.5. The van der Waals surface area contributed by atoms with Crippen LogP contribution in [0.15, 0.2) is 61.1 Å². The Labute approximate surface area is 192 Å². The largest absolute Gasteiger partial charge is 0.489 e. The number of hydrogen-bond donors (Lipinski definition) is 1. The number of rotatable bonds is 8. The van der Waals surface area contributed by atoms with Crippen LogP contribution in [0.25, 0.3) is 10.9 Å². The van der Waals surface area contributed by atoms with Crippen molar-refractivity contribution in [3.8, 4) is 17.6 Å². The van der Waals surface area contributed by atoms with Gasteiger partial charge in [-0.2, -0.15) is 5.10 Å². The van der Waals surface area contributed by atoms with E-state index in [4.69, 9.17) is 9.84 Å². The number of aliphatic carboxylic acids is 1. The molecule has 2 aromatic heterocycles. The van der Waals surface area contributed by atoms with E-state index in [1.807, 2.05) is 60.3 Å². The Balaban J connectivity index is 1.47. The Morgan fingerprint density at radius 2 is 1.94 bits per heavy atom. The summed E-state index contributed by atoms with van der Waals surface area (Å²) in [6.07, 6.45) is 5.34. The Morgan fingerprint density at radius 1 is 1.12 bits per heavy atom. The highest BCUT2D eigenvalue weighted by Crippen LogP contribution is 2.24. The molecule has 0 amide bonds. The summed E-state index contributed by atoms with van der Waals surface area (Å²) in [6.45, 7) is 4.55. The van der Waals surface area contributed by atoms with Crippen molar-refractivity contribution < 1.29 is 14.6 Å². The van der Waals surface area contributed by atoms with Crippen molar-refractivity contribution in [3.63, 3.8) is 0 Å². The van der Waals surface area contributed by atoms with Crippen molar-refractivity contribution >= 4 is 16.9 Å². The topological polar surface area (TPSA) is 90.1 Å². The molecule has 4 rings (SSSR count). The lowest BCUT2D eigenvalue weighted by Crippen LogP contribution is -2.05. The van der Waals surface area contributed by atoms with Gasteiger partial charge in [0.25, 0.3) is 0 Å². The van der Waals surface area contributed by atoms with Crippen molar-refractivity contribution in [2.45, 2.75) is 39.3 Å². The second-order valence-corrected chi connectivity index (χ2v) is 7.70. The van der Waals surface area contributed by atoms with Crippen LogP contribution in [-0.4, -0.2) is 30.8 Å². The van der Waals surface area contributed by atoms with Gasteiger partial charge >= 0.3 is 5.97 Å². The fourth-order valence-electron chi connectivity index (χ4n) is 3.63. The minimum Gasteiger partial charge on any atom is -0.489 e. The summed E-state index contributed by atoms with van der Waals surface area (Å²) < 4.78 is 7.91. The number of aromatic nitrogens is 4. The van der Waals surface area contributed by atoms with Crippen LogP contribution in [0.3, 0.4) is 0 Å². The number of carboxylic acids is 1. The monoisotopic (exact) mass is 440 g/mol. The van der Waals surface area contributed by atoms with Crippen LogP contribution in [0.4, 0.5) is 0 Å². The molecule has 0 saturated heterocycles. The number of ether oxygens (including phenoxy) is 1. The molecule has 0 unspecified atom stereocenters. The predicted octanol–water partition coefficient (Wildman–Crippen LogP) is 4.34. The van der Waals surface area contributed by atoms with Gasteiger partial charge in [-0.25, -0.2) is 0 Å². The summed E-state index contributed by atoms with van der Waals surface area (Å²) in [5, 5.41) is 14.7. The maximum Gasteiger partial charge on any atom is 0.304 e. The third kappa shape index (κ3) is 5.36. The maximum atomic E-state index is 11.1. The predicted molar refractivity (Wildman–Crippen MR) is 125 cm³/mol. The van der Waals surface area contributed by atoms with Crippen LogP contribution >= 0.6 is 0 Å². The van der Waals surface area contributed by atoms with E-state index in [0.29, 0.717) is 18.9 Å². The molecule has 0 radical (unpaired) electrons. The molecule has 7 nitrogen and oxygen atoms in total. The number of aryl methyl sites for hydroxylation is 1. The van der Waals surface area contributed by atoms with Crippen molar-refractivity contribution in [2.75, 3.05) is 0 Å². The zero-order valence-corrected chi connectivity index (χ0v) is 18.5. The normalized spacial score (nSPS) is 11.6. The van der Waals surface area contributed by atoms with Gasteiger partial charge in [0.15, 0.2) is 0 Å². The Kier molecular flexibility index (Phi) is 6.65. The maximum absolute atomic E-state index is 11.1. The van der Waals surface area contributed by atoms with Gasteiger partial charge in [0.1, 0.15) is 12.4 Å². The average molecular weight is 441 g/mol. The summed E-state index contributed by atoms with van der Waals surface area (Å²) >= 11 is 0. The first-order valence-corrected chi connectivity index (χ1v) is 10.6. The molecule has 0 spiro atoms. The molecular weight excluding hydrogens is 416 g/mol. The van der Waals surface area contributed by atoms with E-state index < -0.39 is 5.97 Å². The number of carboxylic acid groups (broad SMARTS) is 1. The van der Waals surface area contributed by atoms with E-state index in [1.54, 1.807) is 19.3 Å². The van der Waals surface area contributed by atoms with Crippen molar-refractivity contribution in [3.05, 3.63) is 83.6 Å². The van der Waals surface area contributed by atoms with Crippen LogP contribution in [0, 0.1) is 18.8 Å². The van der Waals surface area contributed by atoms with Gasteiger partial charge in [0, 0.05) is 17.1 Å². The molecule has 0 aliphatic heterocycles. The second kappa shape index (κ2) is 9.96. The zero-order valence-electron chi connectivity index (χ0n) is 18.5. The number of carbonyl (C=O) groups is 1. The standard InChI is InChI=1S/C26H24N4O3/c1-3-5-20(12-26(31)32)19-8-10-23(11-9-19)33-17-21-6-4-7-25-24(21)15-29-30(25)16-22-14-27-18(2)13-28-22/h4,6-11,13-15,20H,12,16-17H2,1-2H3,(H,31,32)/t20-/m0/s1. The van der Waals surface area contributed by atoms with Crippen molar-refractivity contribution in [2.24, 2.45) is 0 Å². The molecule has 0 bridgehead atoms. The summed E-state index contributed by atoms with van der Waals surface area (Å²) in [5.41, 5.74) is 4.62. The van der Waals surface area contributed by atoms with Gasteiger partial charge in [-0.3, -0.25) is 19.4 Å². The molecule has 0 aliphatic carbocycles. The second-order valence-electron chi connectivity index (χ2n) is 7.70. The van der Waals surface area contributed by atoms with E-state index in [0.717, 1.165) is 33.4 Å². The molecular formula is C26H24N4O3. The van der Waals surface area contributed by atoms with Crippen LogP contribution in [0.2, 0.25) is 0 Å². The van der Waals surface area contributed by atoms with Crippen LogP contribution < -0.4 is 4.74 Å². The van der Waals surface area contributed by atoms with E-state index in [9.17, 15) is 4.79 Å². The van der Waals surface area contributed by atoms with Gasteiger partial charge in [0.2, 0.25) is 0 Å². The Hall–Kier alpha value is -4.18. The van der Waals surface area contributed by atoms with Gasteiger partial charge in [-0.1, -0.05) is 30.2 Å². The van der Waals surface area contributed by atoms with Crippen LogP contribution in [0.1, 0.15) is 41.8 Å². The van der Waals surface area contributed by atoms with E-state index in [2.05, 4.69) is 26.9 Å². The summed E-state index contributed by atoms with van der Waals surface area (Å²) in [7, 11) is 0. The number of nitrogens with zero attached hydrogens (tertiary/aromatic N) is 4. The summed E-state index contributed by atoms with van der Waals surface area (Å²) in [6, 6.07) is 13.5. The first kappa shape index (κ1) is 22.0. The molecule has 2 aromatic carbocycles. The number of fused-ring (bicyclic) bond motifs is 1. The van der Waals surface area contributed by atoms with Gasteiger partial charge in [-0.15, -0.1) is 5.92 Å².